The van der Waals surface area contributed by atoms with Crippen LogP contribution in [-0.4, -0.2) is 10.7 Å². The molecule has 0 spiro atoms. The predicted molar refractivity (Wildman–Crippen MR) is 102 cm³/mol. The molecule has 124 valence electrons. The van der Waals surface area contributed by atoms with Gasteiger partial charge in [-0.05, 0) is 42.7 Å². The van der Waals surface area contributed by atoms with Crippen molar-refractivity contribution in [2.24, 2.45) is 0 Å². The highest BCUT2D eigenvalue weighted by Gasteiger charge is 2.27. The number of nitrogens with zero attached hydrogens (tertiary/aromatic N) is 1. The second kappa shape index (κ2) is 7.50. The van der Waals surface area contributed by atoms with E-state index in [1.807, 2.05) is 13.0 Å². The number of nitriles is 1. The summed E-state index contributed by atoms with van der Waals surface area (Å²) in [4.78, 5) is 13.2. The number of hydrogen-bond acceptors (Lipinski definition) is 3. The summed E-state index contributed by atoms with van der Waals surface area (Å²) in [6.07, 6.45) is 3.61. The number of hydrogen-bond donors (Lipinski definition) is 1. The minimum absolute atomic E-state index is 0.0767. The van der Waals surface area contributed by atoms with Crippen molar-refractivity contribution in [2.75, 3.05) is 5.32 Å². The third-order valence-electron chi connectivity index (χ3n) is 4.53. The Labute approximate surface area is 154 Å². The molecule has 0 radical (unpaired) electrons. The van der Waals surface area contributed by atoms with Crippen LogP contribution >= 0.6 is 27.3 Å². The molecular formula is C19H19BrN2OS. The molecule has 1 aromatic heterocycles. The topological polar surface area (TPSA) is 52.9 Å². The van der Waals surface area contributed by atoms with Crippen molar-refractivity contribution in [1.29, 1.82) is 5.26 Å². The van der Waals surface area contributed by atoms with Gasteiger partial charge in [0.1, 0.15) is 11.1 Å². The first-order chi connectivity index (χ1) is 11.6. The van der Waals surface area contributed by atoms with Gasteiger partial charge in [-0.25, -0.2) is 0 Å². The van der Waals surface area contributed by atoms with Gasteiger partial charge in [-0.2, -0.15) is 5.26 Å². The number of fused-ring (bicyclic) bond motifs is 1. The van der Waals surface area contributed by atoms with E-state index >= 15 is 0 Å². The fraction of sp³-hybridized carbons (Fsp3) is 0.368. The molecule has 0 saturated carbocycles. The Kier molecular flexibility index (Phi) is 5.37. The van der Waals surface area contributed by atoms with Crippen LogP contribution in [0.3, 0.4) is 0 Å². The van der Waals surface area contributed by atoms with E-state index in [9.17, 15) is 10.1 Å². The SMILES string of the molecule is CC[C@H](Br)C(=O)Nc1sc2c(c1C#N)CC[C@H](c1ccccc1)C2. The first-order valence-corrected chi connectivity index (χ1v) is 9.91. The van der Waals surface area contributed by atoms with E-state index in [1.165, 1.54) is 10.4 Å². The van der Waals surface area contributed by atoms with Crippen molar-refractivity contribution in [3.05, 3.63) is 51.9 Å². The van der Waals surface area contributed by atoms with Gasteiger partial charge in [-0.1, -0.05) is 53.2 Å². The van der Waals surface area contributed by atoms with E-state index in [2.05, 4.69) is 51.6 Å². The Bertz CT molecular complexity index is 779. The van der Waals surface area contributed by atoms with Gasteiger partial charge in [0.15, 0.2) is 0 Å². The maximum absolute atomic E-state index is 12.1. The lowest BCUT2D eigenvalue weighted by Gasteiger charge is -2.22. The number of amides is 1. The predicted octanol–water partition coefficient (Wildman–Crippen LogP) is 5.00. The van der Waals surface area contributed by atoms with E-state index in [1.54, 1.807) is 11.3 Å². The van der Waals surface area contributed by atoms with Crippen molar-refractivity contribution >= 4 is 38.2 Å². The molecule has 1 aliphatic carbocycles. The summed E-state index contributed by atoms with van der Waals surface area (Å²) in [5.74, 6) is 0.416. The lowest BCUT2D eigenvalue weighted by molar-refractivity contribution is -0.115. The Morgan fingerprint density at radius 3 is 2.88 bits per heavy atom. The molecule has 5 heteroatoms. The molecule has 1 aromatic carbocycles. The van der Waals surface area contributed by atoms with Crippen LogP contribution in [0, 0.1) is 11.3 Å². The average molecular weight is 403 g/mol. The van der Waals surface area contributed by atoms with Gasteiger partial charge in [-0.15, -0.1) is 11.3 Å². The average Bonchev–Trinajstić information content (AvgIpc) is 2.97. The number of anilines is 1. The summed E-state index contributed by atoms with van der Waals surface area (Å²) in [6, 6.07) is 12.8. The molecule has 1 N–H and O–H groups in total. The number of nitrogens with one attached hydrogen (secondary N) is 1. The number of thiophene rings is 1. The number of halogens is 1. The van der Waals surface area contributed by atoms with Gasteiger partial charge in [0.05, 0.1) is 10.4 Å². The monoisotopic (exact) mass is 402 g/mol. The highest BCUT2D eigenvalue weighted by molar-refractivity contribution is 9.10. The summed E-state index contributed by atoms with van der Waals surface area (Å²) in [7, 11) is 0. The van der Waals surface area contributed by atoms with Crippen molar-refractivity contribution in [1.82, 2.24) is 0 Å². The van der Waals surface area contributed by atoms with Crippen LogP contribution in [0.2, 0.25) is 0 Å². The summed E-state index contributed by atoms with van der Waals surface area (Å²) < 4.78 is 0. The number of benzene rings is 1. The second-order valence-corrected chi connectivity index (χ2v) is 8.25. The van der Waals surface area contributed by atoms with E-state index in [0.29, 0.717) is 16.5 Å². The van der Waals surface area contributed by atoms with Crippen LogP contribution in [0.25, 0.3) is 0 Å². The minimum atomic E-state index is -0.222. The first kappa shape index (κ1) is 17.2. The van der Waals surface area contributed by atoms with Crippen LogP contribution in [-0.2, 0) is 17.6 Å². The fourth-order valence-corrected chi connectivity index (χ4v) is 4.57. The second-order valence-electron chi connectivity index (χ2n) is 6.04. The molecule has 24 heavy (non-hydrogen) atoms. The van der Waals surface area contributed by atoms with Crippen molar-refractivity contribution in [3.63, 3.8) is 0 Å². The number of carbonyl (C=O) groups excluding carboxylic acids is 1. The molecule has 0 unspecified atom stereocenters. The quantitative estimate of drug-likeness (QED) is 0.730. The normalized spacial score (nSPS) is 17.6. The summed E-state index contributed by atoms with van der Waals surface area (Å²) in [5.41, 5.74) is 3.14. The molecule has 2 atom stereocenters. The zero-order valence-electron chi connectivity index (χ0n) is 13.5. The van der Waals surface area contributed by atoms with E-state index in [4.69, 9.17) is 0 Å². The number of rotatable bonds is 4. The molecule has 0 saturated heterocycles. The van der Waals surface area contributed by atoms with E-state index in [0.717, 1.165) is 31.2 Å². The van der Waals surface area contributed by atoms with Gasteiger partial charge in [-0.3, -0.25) is 4.79 Å². The zero-order valence-corrected chi connectivity index (χ0v) is 15.9. The highest BCUT2D eigenvalue weighted by atomic mass is 79.9. The van der Waals surface area contributed by atoms with Gasteiger partial charge < -0.3 is 5.32 Å². The molecular weight excluding hydrogens is 384 g/mol. The fourth-order valence-electron chi connectivity index (χ4n) is 3.18. The van der Waals surface area contributed by atoms with Gasteiger partial charge in [0.25, 0.3) is 0 Å². The van der Waals surface area contributed by atoms with Crippen LogP contribution < -0.4 is 5.32 Å². The lowest BCUT2D eigenvalue weighted by atomic mass is 9.83. The largest absolute Gasteiger partial charge is 0.316 e. The third-order valence-corrected chi connectivity index (χ3v) is 6.76. The van der Waals surface area contributed by atoms with Gasteiger partial charge in [0, 0.05) is 4.88 Å². The summed E-state index contributed by atoms with van der Waals surface area (Å²) >= 11 is 4.93. The van der Waals surface area contributed by atoms with Crippen LogP contribution in [0.4, 0.5) is 5.00 Å². The minimum Gasteiger partial charge on any atom is -0.316 e. The highest BCUT2D eigenvalue weighted by Crippen LogP contribution is 2.42. The maximum Gasteiger partial charge on any atom is 0.238 e. The Morgan fingerprint density at radius 2 is 2.21 bits per heavy atom. The van der Waals surface area contributed by atoms with Crippen LogP contribution in [0.15, 0.2) is 30.3 Å². The zero-order chi connectivity index (χ0) is 17.1. The molecule has 1 amide bonds. The lowest BCUT2D eigenvalue weighted by Crippen LogP contribution is -2.21. The molecule has 0 bridgehead atoms. The van der Waals surface area contributed by atoms with E-state index < -0.39 is 0 Å². The van der Waals surface area contributed by atoms with Crippen LogP contribution in [0.1, 0.15) is 47.3 Å². The maximum atomic E-state index is 12.1. The Morgan fingerprint density at radius 1 is 1.46 bits per heavy atom. The third kappa shape index (κ3) is 3.40. The van der Waals surface area contributed by atoms with Crippen molar-refractivity contribution < 1.29 is 4.79 Å². The first-order valence-electron chi connectivity index (χ1n) is 8.18. The van der Waals surface area contributed by atoms with Crippen LogP contribution in [0.5, 0.6) is 0 Å². The number of alkyl halides is 1. The molecule has 3 rings (SSSR count). The Balaban J connectivity index is 1.85. The number of carbonyl (C=O) groups is 1. The van der Waals surface area contributed by atoms with Gasteiger partial charge >= 0.3 is 0 Å². The molecule has 0 fully saturated rings. The molecule has 0 aliphatic heterocycles. The Hall–Kier alpha value is -1.64. The molecule has 1 heterocycles. The standard InChI is InChI=1S/C19H19BrN2OS/c1-2-16(20)18(23)22-19-15(11-21)14-9-8-13(10-17(14)24-19)12-6-4-3-5-7-12/h3-7,13,16H,2,8-10H2,1H3,(H,22,23)/t13-,16-/m0/s1. The summed E-state index contributed by atoms with van der Waals surface area (Å²) in [5, 5.41) is 13.2. The molecule has 2 aromatic rings. The van der Waals surface area contributed by atoms with Crippen molar-refractivity contribution in [3.8, 4) is 6.07 Å². The summed E-state index contributed by atoms with van der Waals surface area (Å²) in [6.45, 7) is 1.95. The molecule has 3 nitrogen and oxygen atoms in total. The van der Waals surface area contributed by atoms with Crippen molar-refractivity contribution in [2.45, 2.75) is 43.4 Å². The van der Waals surface area contributed by atoms with E-state index in [-0.39, 0.29) is 10.7 Å². The molecule has 1 aliphatic rings. The smallest absolute Gasteiger partial charge is 0.238 e. The van der Waals surface area contributed by atoms with Gasteiger partial charge in [0.2, 0.25) is 5.91 Å².